The van der Waals surface area contributed by atoms with E-state index >= 15 is 0 Å². The molecule has 1 atom stereocenters. The van der Waals surface area contributed by atoms with Crippen LogP contribution in [0.25, 0.3) is 0 Å². The van der Waals surface area contributed by atoms with E-state index in [1.807, 2.05) is 11.8 Å². The van der Waals surface area contributed by atoms with Crippen LogP contribution in [-0.4, -0.2) is 11.3 Å². The highest BCUT2D eigenvalue weighted by atomic mass is 32.2. The second-order valence-electron chi connectivity index (χ2n) is 4.12. The maximum atomic E-state index is 3.54. The maximum Gasteiger partial charge on any atom is 0.0480 e. The van der Waals surface area contributed by atoms with Crippen LogP contribution in [0.4, 0.5) is 5.69 Å². The third-order valence-corrected chi connectivity index (χ3v) is 3.35. The van der Waals surface area contributed by atoms with E-state index in [-0.39, 0.29) is 0 Å². The second-order valence-corrected chi connectivity index (χ2v) is 5.73. The number of benzene rings is 1. The van der Waals surface area contributed by atoms with Crippen LogP contribution >= 0.6 is 11.8 Å². The van der Waals surface area contributed by atoms with Crippen LogP contribution in [0, 0.1) is 0 Å². The fourth-order valence-corrected chi connectivity index (χ4v) is 2.23. The molecule has 0 heterocycles. The highest BCUT2D eigenvalue weighted by molar-refractivity contribution is 8.00. The minimum Gasteiger partial charge on any atom is -0.382 e. The zero-order chi connectivity index (χ0) is 11.3. The van der Waals surface area contributed by atoms with Gasteiger partial charge in [0.25, 0.3) is 0 Å². The van der Waals surface area contributed by atoms with Crippen LogP contribution in [0.3, 0.4) is 0 Å². The first kappa shape index (κ1) is 12.4. The van der Waals surface area contributed by atoms with E-state index in [9.17, 15) is 0 Å². The van der Waals surface area contributed by atoms with Gasteiger partial charge in [-0.25, -0.2) is 0 Å². The van der Waals surface area contributed by atoms with Crippen molar-refractivity contribution in [3.8, 4) is 0 Å². The number of anilines is 1. The molecule has 0 spiro atoms. The van der Waals surface area contributed by atoms with Crippen molar-refractivity contribution in [2.45, 2.75) is 50.3 Å². The number of hydrogen-bond donors (Lipinski definition) is 1. The van der Waals surface area contributed by atoms with Crippen LogP contribution in [0.1, 0.15) is 34.1 Å². The van der Waals surface area contributed by atoms with E-state index in [0.29, 0.717) is 11.3 Å². The van der Waals surface area contributed by atoms with Gasteiger partial charge in [0, 0.05) is 21.9 Å². The summed E-state index contributed by atoms with van der Waals surface area (Å²) in [6.45, 7) is 8.88. The third kappa shape index (κ3) is 4.17. The Balaban J connectivity index is 2.76. The van der Waals surface area contributed by atoms with E-state index in [4.69, 9.17) is 0 Å². The molecule has 0 aromatic heterocycles. The van der Waals surface area contributed by atoms with Gasteiger partial charge in [-0.05, 0) is 25.5 Å². The molecule has 1 unspecified atom stereocenters. The first-order valence-corrected chi connectivity index (χ1v) is 6.53. The predicted octanol–water partition coefficient (Wildman–Crippen LogP) is 4.40. The van der Waals surface area contributed by atoms with Crippen molar-refractivity contribution in [3.63, 3.8) is 0 Å². The van der Waals surface area contributed by atoms with Crippen molar-refractivity contribution < 1.29 is 0 Å². The van der Waals surface area contributed by atoms with E-state index in [1.165, 1.54) is 10.6 Å². The molecule has 1 rings (SSSR count). The lowest BCUT2D eigenvalue weighted by atomic mass is 10.2. The number of nitrogens with one attached hydrogen (secondary N) is 1. The van der Waals surface area contributed by atoms with Gasteiger partial charge < -0.3 is 5.32 Å². The molecule has 1 N–H and O–H groups in total. The van der Waals surface area contributed by atoms with Gasteiger partial charge in [-0.15, -0.1) is 11.8 Å². The molecule has 2 heteroatoms. The summed E-state index contributed by atoms with van der Waals surface area (Å²) >= 11 is 1.92. The first-order valence-electron chi connectivity index (χ1n) is 5.65. The van der Waals surface area contributed by atoms with E-state index in [1.54, 1.807) is 0 Å². The molecule has 0 amide bonds. The van der Waals surface area contributed by atoms with Crippen molar-refractivity contribution in [3.05, 3.63) is 24.3 Å². The number of para-hydroxylation sites is 1. The van der Waals surface area contributed by atoms with Crippen LogP contribution in [-0.2, 0) is 0 Å². The monoisotopic (exact) mass is 223 g/mol. The van der Waals surface area contributed by atoms with Gasteiger partial charge in [-0.1, -0.05) is 32.9 Å². The minimum atomic E-state index is 0.541. The Hall–Kier alpha value is -0.630. The SMILES string of the molecule is CCC(C)Nc1ccccc1SC(C)C. The van der Waals surface area contributed by atoms with Gasteiger partial charge in [0.1, 0.15) is 0 Å². The van der Waals surface area contributed by atoms with E-state index in [0.717, 1.165) is 6.42 Å². The van der Waals surface area contributed by atoms with Crippen molar-refractivity contribution in [1.29, 1.82) is 0 Å². The zero-order valence-electron chi connectivity index (χ0n) is 10.1. The molecular weight excluding hydrogens is 202 g/mol. The fourth-order valence-electron chi connectivity index (χ4n) is 1.31. The molecule has 1 aromatic rings. The minimum absolute atomic E-state index is 0.541. The zero-order valence-corrected chi connectivity index (χ0v) is 10.9. The number of hydrogen-bond acceptors (Lipinski definition) is 2. The summed E-state index contributed by atoms with van der Waals surface area (Å²) in [7, 11) is 0. The highest BCUT2D eigenvalue weighted by Crippen LogP contribution is 2.30. The summed E-state index contributed by atoms with van der Waals surface area (Å²) in [6.07, 6.45) is 1.15. The standard InChI is InChI=1S/C13H21NS/c1-5-11(4)14-12-8-6-7-9-13(12)15-10(2)3/h6-11,14H,5H2,1-4H3. The average Bonchev–Trinajstić information content (AvgIpc) is 2.20. The van der Waals surface area contributed by atoms with Crippen LogP contribution in [0.15, 0.2) is 29.2 Å². The molecule has 0 aliphatic carbocycles. The Labute approximate surface area is 97.7 Å². The summed E-state index contributed by atoms with van der Waals surface area (Å²) in [5, 5.41) is 4.17. The molecule has 0 saturated carbocycles. The fraction of sp³-hybridized carbons (Fsp3) is 0.538. The van der Waals surface area contributed by atoms with Crippen molar-refractivity contribution in [2.75, 3.05) is 5.32 Å². The Morgan fingerprint density at radius 1 is 1.20 bits per heavy atom. The van der Waals surface area contributed by atoms with Gasteiger partial charge in [-0.3, -0.25) is 0 Å². The second kappa shape index (κ2) is 6.06. The summed E-state index contributed by atoms with van der Waals surface area (Å²) in [6, 6.07) is 9.09. The molecule has 0 bridgehead atoms. The number of rotatable bonds is 5. The lowest BCUT2D eigenvalue weighted by Crippen LogP contribution is -2.14. The molecule has 1 nitrogen and oxygen atoms in total. The van der Waals surface area contributed by atoms with Crippen LogP contribution in [0.5, 0.6) is 0 Å². The average molecular weight is 223 g/mol. The topological polar surface area (TPSA) is 12.0 Å². The summed E-state index contributed by atoms with van der Waals surface area (Å²) in [5.74, 6) is 0. The Morgan fingerprint density at radius 3 is 2.47 bits per heavy atom. The van der Waals surface area contributed by atoms with Crippen LogP contribution in [0.2, 0.25) is 0 Å². The molecule has 0 fully saturated rings. The quantitative estimate of drug-likeness (QED) is 0.743. The van der Waals surface area contributed by atoms with E-state index in [2.05, 4.69) is 57.3 Å². The first-order chi connectivity index (χ1) is 7.13. The summed E-state index contributed by atoms with van der Waals surface area (Å²) < 4.78 is 0. The van der Waals surface area contributed by atoms with Gasteiger partial charge in [-0.2, -0.15) is 0 Å². The normalized spacial score (nSPS) is 12.9. The summed E-state index contributed by atoms with van der Waals surface area (Å²) in [4.78, 5) is 1.35. The molecule has 0 saturated heterocycles. The Morgan fingerprint density at radius 2 is 1.87 bits per heavy atom. The van der Waals surface area contributed by atoms with Gasteiger partial charge >= 0.3 is 0 Å². The smallest absolute Gasteiger partial charge is 0.0480 e. The molecular formula is C13H21NS. The molecule has 0 radical (unpaired) electrons. The van der Waals surface area contributed by atoms with Gasteiger partial charge in [0.15, 0.2) is 0 Å². The molecule has 1 aromatic carbocycles. The third-order valence-electron chi connectivity index (χ3n) is 2.26. The summed E-state index contributed by atoms with van der Waals surface area (Å²) in [5.41, 5.74) is 1.27. The van der Waals surface area contributed by atoms with E-state index < -0.39 is 0 Å². The number of thioether (sulfide) groups is 1. The van der Waals surface area contributed by atoms with Crippen molar-refractivity contribution in [1.82, 2.24) is 0 Å². The van der Waals surface area contributed by atoms with Gasteiger partial charge in [0.2, 0.25) is 0 Å². The molecule has 0 aliphatic rings. The molecule has 0 aliphatic heterocycles. The van der Waals surface area contributed by atoms with Crippen molar-refractivity contribution >= 4 is 17.4 Å². The van der Waals surface area contributed by atoms with Crippen LogP contribution < -0.4 is 5.32 Å². The Kier molecular flexibility index (Phi) is 5.03. The molecule has 84 valence electrons. The largest absolute Gasteiger partial charge is 0.382 e. The predicted molar refractivity (Wildman–Crippen MR) is 70.8 cm³/mol. The highest BCUT2D eigenvalue weighted by Gasteiger charge is 2.06. The lowest BCUT2D eigenvalue weighted by Gasteiger charge is -2.17. The lowest BCUT2D eigenvalue weighted by molar-refractivity contribution is 0.761. The maximum absolute atomic E-state index is 3.54. The Bertz CT molecular complexity index is 296. The van der Waals surface area contributed by atoms with Gasteiger partial charge in [0.05, 0.1) is 0 Å². The van der Waals surface area contributed by atoms with Crippen molar-refractivity contribution in [2.24, 2.45) is 0 Å². The molecule has 15 heavy (non-hydrogen) atoms.